The molecule has 0 saturated heterocycles. The zero-order valence-electron chi connectivity index (χ0n) is 9.30. The standard InChI is InChI=1S/C14H9ClO2S/c15-14(16)12-6-5-11-7-9-3-1-2-4-10(9)8-13(11)18(12)17/h1-8,12H. The van der Waals surface area contributed by atoms with Gasteiger partial charge in [-0.15, -0.1) is 0 Å². The molecule has 0 fully saturated rings. The summed E-state index contributed by atoms with van der Waals surface area (Å²) in [6.07, 6.45) is 3.43. The average Bonchev–Trinajstić information content (AvgIpc) is 2.37. The van der Waals surface area contributed by atoms with E-state index in [9.17, 15) is 9.00 Å². The van der Waals surface area contributed by atoms with Crippen molar-refractivity contribution < 1.29 is 9.00 Å². The van der Waals surface area contributed by atoms with Gasteiger partial charge in [0, 0.05) is 4.90 Å². The van der Waals surface area contributed by atoms with Crippen LogP contribution in [0.2, 0.25) is 0 Å². The van der Waals surface area contributed by atoms with Crippen LogP contribution in [-0.2, 0) is 15.6 Å². The fourth-order valence-electron chi connectivity index (χ4n) is 2.10. The molecule has 0 bridgehead atoms. The lowest BCUT2D eigenvalue weighted by Crippen LogP contribution is -2.22. The van der Waals surface area contributed by atoms with Crippen molar-refractivity contribution in [2.75, 3.05) is 0 Å². The number of halogens is 1. The Balaban J connectivity index is 2.23. The fraction of sp³-hybridized carbons (Fsp3) is 0.0714. The number of carbonyl (C=O) groups excluding carboxylic acids is 1. The Morgan fingerprint density at radius 2 is 1.83 bits per heavy atom. The Hall–Kier alpha value is -1.45. The second-order valence-corrected chi connectivity index (χ2v) is 6.03. The van der Waals surface area contributed by atoms with Gasteiger partial charge in [-0.3, -0.25) is 9.00 Å². The molecule has 0 amide bonds. The predicted molar refractivity (Wildman–Crippen MR) is 74.0 cm³/mol. The Morgan fingerprint density at radius 3 is 2.50 bits per heavy atom. The van der Waals surface area contributed by atoms with Crippen molar-refractivity contribution in [3.05, 3.63) is 48.0 Å². The molecule has 0 radical (unpaired) electrons. The molecule has 18 heavy (non-hydrogen) atoms. The lowest BCUT2D eigenvalue weighted by Gasteiger charge is -2.16. The SMILES string of the molecule is O=C(Cl)C1C=Cc2cc3ccccc3cc2S1=O. The largest absolute Gasteiger partial charge is 0.280 e. The Bertz CT molecular complexity index is 706. The van der Waals surface area contributed by atoms with E-state index < -0.39 is 21.3 Å². The molecule has 0 N–H and O–H groups in total. The van der Waals surface area contributed by atoms with Gasteiger partial charge in [-0.1, -0.05) is 36.4 Å². The molecular formula is C14H9ClO2S. The van der Waals surface area contributed by atoms with Crippen molar-refractivity contribution in [1.82, 2.24) is 0 Å². The third-order valence-electron chi connectivity index (χ3n) is 3.00. The molecule has 3 rings (SSSR count). The minimum Gasteiger partial charge on any atom is -0.280 e. The van der Waals surface area contributed by atoms with Gasteiger partial charge in [-0.2, -0.15) is 0 Å². The smallest absolute Gasteiger partial charge is 0.241 e. The highest BCUT2D eigenvalue weighted by atomic mass is 35.5. The van der Waals surface area contributed by atoms with Gasteiger partial charge in [0.15, 0.2) is 0 Å². The summed E-state index contributed by atoms with van der Waals surface area (Å²) < 4.78 is 12.3. The van der Waals surface area contributed by atoms with E-state index in [-0.39, 0.29) is 0 Å². The molecule has 2 aromatic rings. The van der Waals surface area contributed by atoms with Gasteiger partial charge in [-0.05, 0) is 40.1 Å². The van der Waals surface area contributed by atoms with Crippen LogP contribution in [0.25, 0.3) is 16.8 Å². The number of benzene rings is 2. The molecule has 0 aromatic heterocycles. The highest BCUT2D eigenvalue weighted by Crippen LogP contribution is 2.29. The van der Waals surface area contributed by atoms with Crippen molar-refractivity contribution in [1.29, 1.82) is 0 Å². The summed E-state index contributed by atoms with van der Waals surface area (Å²) in [5, 5.41) is 0.790. The molecule has 1 heterocycles. The summed E-state index contributed by atoms with van der Waals surface area (Å²) in [7, 11) is -1.41. The van der Waals surface area contributed by atoms with Gasteiger partial charge in [0.1, 0.15) is 5.25 Å². The molecule has 1 aliphatic heterocycles. The van der Waals surface area contributed by atoms with E-state index in [4.69, 9.17) is 11.6 Å². The minimum atomic E-state index is -1.41. The molecule has 2 atom stereocenters. The van der Waals surface area contributed by atoms with Gasteiger partial charge in [0.25, 0.3) is 0 Å². The first-order chi connectivity index (χ1) is 8.66. The first kappa shape index (κ1) is 11.6. The molecular weight excluding hydrogens is 268 g/mol. The van der Waals surface area contributed by atoms with Crippen LogP contribution in [0.4, 0.5) is 0 Å². The maximum atomic E-state index is 12.3. The Morgan fingerprint density at radius 1 is 1.17 bits per heavy atom. The van der Waals surface area contributed by atoms with Gasteiger partial charge in [0.2, 0.25) is 5.24 Å². The van der Waals surface area contributed by atoms with Crippen LogP contribution in [0.5, 0.6) is 0 Å². The average molecular weight is 277 g/mol. The van der Waals surface area contributed by atoms with E-state index >= 15 is 0 Å². The number of carbonyl (C=O) groups is 1. The van der Waals surface area contributed by atoms with E-state index in [0.29, 0.717) is 4.90 Å². The first-order valence-corrected chi connectivity index (χ1v) is 7.07. The zero-order valence-corrected chi connectivity index (χ0v) is 10.9. The van der Waals surface area contributed by atoms with E-state index in [1.807, 2.05) is 42.5 Å². The molecule has 90 valence electrons. The molecule has 2 aromatic carbocycles. The maximum absolute atomic E-state index is 12.3. The zero-order chi connectivity index (χ0) is 12.7. The summed E-state index contributed by atoms with van der Waals surface area (Å²) in [6, 6.07) is 11.7. The van der Waals surface area contributed by atoms with Crippen LogP contribution in [0, 0.1) is 0 Å². The van der Waals surface area contributed by atoms with Crippen LogP contribution in [-0.4, -0.2) is 14.7 Å². The highest BCUT2D eigenvalue weighted by molar-refractivity contribution is 7.87. The minimum absolute atomic E-state index is 0.580. The summed E-state index contributed by atoms with van der Waals surface area (Å²) in [6.45, 7) is 0. The van der Waals surface area contributed by atoms with Crippen molar-refractivity contribution in [3.8, 4) is 0 Å². The van der Waals surface area contributed by atoms with Gasteiger partial charge in [0.05, 0.1) is 10.8 Å². The lowest BCUT2D eigenvalue weighted by atomic mass is 10.1. The van der Waals surface area contributed by atoms with Crippen LogP contribution >= 0.6 is 11.6 Å². The molecule has 1 aliphatic rings. The second kappa shape index (κ2) is 4.34. The summed E-state index contributed by atoms with van der Waals surface area (Å²) >= 11 is 5.45. The Kier molecular flexibility index (Phi) is 2.80. The predicted octanol–water partition coefficient (Wildman–Crippen LogP) is 3.11. The third kappa shape index (κ3) is 1.80. The Labute approximate surface area is 112 Å². The maximum Gasteiger partial charge on any atom is 0.241 e. The first-order valence-electron chi connectivity index (χ1n) is 5.48. The number of hydrogen-bond acceptors (Lipinski definition) is 2. The van der Waals surface area contributed by atoms with E-state index in [1.165, 1.54) is 0 Å². The fourth-order valence-corrected chi connectivity index (χ4v) is 3.68. The van der Waals surface area contributed by atoms with Gasteiger partial charge < -0.3 is 0 Å². The third-order valence-corrected chi connectivity index (χ3v) is 4.98. The summed E-state index contributed by atoms with van der Waals surface area (Å²) in [5.74, 6) is 0. The topological polar surface area (TPSA) is 34.1 Å². The molecule has 0 aliphatic carbocycles. The molecule has 4 heteroatoms. The lowest BCUT2D eigenvalue weighted by molar-refractivity contribution is -0.110. The monoisotopic (exact) mass is 276 g/mol. The van der Waals surface area contributed by atoms with Crippen molar-refractivity contribution in [2.45, 2.75) is 10.1 Å². The second-order valence-electron chi connectivity index (χ2n) is 4.12. The van der Waals surface area contributed by atoms with Crippen LogP contribution in [0.15, 0.2) is 47.4 Å². The van der Waals surface area contributed by atoms with Crippen molar-refractivity contribution >= 4 is 44.5 Å². The number of hydrogen-bond donors (Lipinski definition) is 0. The van der Waals surface area contributed by atoms with E-state index in [1.54, 1.807) is 6.08 Å². The molecule has 0 saturated carbocycles. The number of rotatable bonds is 1. The normalized spacial score (nSPS) is 21.8. The quantitative estimate of drug-likeness (QED) is 0.750. The van der Waals surface area contributed by atoms with Crippen molar-refractivity contribution in [3.63, 3.8) is 0 Å². The summed E-state index contributed by atoms with van der Waals surface area (Å²) in [5.41, 5.74) is 0.890. The van der Waals surface area contributed by atoms with Crippen LogP contribution in [0.1, 0.15) is 5.56 Å². The number of fused-ring (bicyclic) bond motifs is 2. The van der Waals surface area contributed by atoms with Crippen molar-refractivity contribution in [2.24, 2.45) is 0 Å². The van der Waals surface area contributed by atoms with E-state index in [0.717, 1.165) is 16.3 Å². The molecule has 2 unspecified atom stereocenters. The van der Waals surface area contributed by atoms with Gasteiger partial charge >= 0.3 is 0 Å². The van der Waals surface area contributed by atoms with E-state index in [2.05, 4.69) is 0 Å². The van der Waals surface area contributed by atoms with Crippen LogP contribution in [0.3, 0.4) is 0 Å². The highest BCUT2D eigenvalue weighted by Gasteiger charge is 2.27. The molecule has 2 nitrogen and oxygen atoms in total. The van der Waals surface area contributed by atoms with Gasteiger partial charge in [-0.25, -0.2) is 0 Å². The summed E-state index contributed by atoms with van der Waals surface area (Å²) in [4.78, 5) is 11.9. The molecule has 0 spiro atoms. The van der Waals surface area contributed by atoms with Crippen LogP contribution < -0.4 is 0 Å².